The van der Waals surface area contributed by atoms with Gasteiger partial charge < -0.3 is 15.4 Å². The zero-order valence-corrected chi connectivity index (χ0v) is 12.1. The quantitative estimate of drug-likeness (QED) is 0.634. The largest absolute Gasteiger partial charge is 0.493 e. The molecule has 0 amide bonds. The minimum Gasteiger partial charge on any atom is -0.493 e. The van der Waals surface area contributed by atoms with Crippen LogP contribution in [0, 0.1) is 5.92 Å². The molecule has 1 heterocycles. The van der Waals surface area contributed by atoms with Crippen molar-refractivity contribution in [1.29, 1.82) is 0 Å². The molecule has 0 spiro atoms. The number of nitrogens with zero attached hydrogens (tertiary/aromatic N) is 1. The summed E-state index contributed by atoms with van der Waals surface area (Å²) in [7, 11) is 1.83. The van der Waals surface area contributed by atoms with Gasteiger partial charge >= 0.3 is 0 Å². The van der Waals surface area contributed by atoms with E-state index < -0.39 is 0 Å². The molecule has 1 aliphatic carbocycles. The van der Waals surface area contributed by atoms with Crippen molar-refractivity contribution in [3.05, 3.63) is 29.3 Å². The van der Waals surface area contributed by atoms with Crippen molar-refractivity contribution in [2.75, 3.05) is 26.7 Å². The van der Waals surface area contributed by atoms with E-state index in [-0.39, 0.29) is 0 Å². The first kappa shape index (κ1) is 13.3. The Hall–Kier alpha value is -1.71. The molecule has 4 heteroatoms. The van der Waals surface area contributed by atoms with E-state index in [2.05, 4.69) is 33.8 Å². The summed E-state index contributed by atoms with van der Waals surface area (Å²) in [5.41, 5.74) is 2.71. The van der Waals surface area contributed by atoms with Crippen molar-refractivity contribution in [3.63, 3.8) is 0 Å². The lowest BCUT2D eigenvalue weighted by molar-refractivity contribution is 0.357. The van der Waals surface area contributed by atoms with E-state index in [1.165, 1.54) is 24.0 Å². The summed E-state index contributed by atoms with van der Waals surface area (Å²) < 4.78 is 5.53. The fraction of sp³-hybridized carbons (Fsp3) is 0.562. The van der Waals surface area contributed by atoms with Crippen LogP contribution in [0.5, 0.6) is 5.75 Å². The van der Waals surface area contributed by atoms with Gasteiger partial charge in [0.2, 0.25) is 0 Å². The monoisotopic (exact) mass is 273 g/mol. The molecule has 3 rings (SSSR count). The van der Waals surface area contributed by atoms with Gasteiger partial charge in [-0.05, 0) is 42.4 Å². The van der Waals surface area contributed by atoms with Gasteiger partial charge in [0, 0.05) is 26.6 Å². The van der Waals surface area contributed by atoms with Crippen LogP contribution in [-0.2, 0) is 12.8 Å². The van der Waals surface area contributed by atoms with Crippen LogP contribution in [0.25, 0.3) is 0 Å². The van der Waals surface area contributed by atoms with Gasteiger partial charge in [-0.2, -0.15) is 0 Å². The second kappa shape index (κ2) is 6.16. The SMILES string of the molecule is CN=C(NCCc1ccc2c(c1)CCO2)NCC1CC1. The number of rotatable bonds is 5. The van der Waals surface area contributed by atoms with E-state index in [9.17, 15) is 0 Å². The fourth-order valence-electron chi connectivity index (χ4n) is 2.50. The van der Waals surface area contributed by atoms with Crippen LogP contribution >= 0.6 is 0 Å². The van der Waals surface area contributed by atoms with Gasteiger partial charge in [-0.1, -0.05) is 12.1 Å². The molecule has 0 saturated heterocycles. The Balaban J connectivity index is 1.44. The molecule has 0 aromatic heterocycles. The molecule has 108 valence electrons. The predicted molar refractivity (Wildman–Crippen MR) is 81.4 cm³/mol. The van der Waals surface area contributed by atoms with Crippen LogP contribution in [0.15, 0.2) is 23.2 Å². The van der Waals surface area contributed by atoms with Crippen molar-refractivity contribution in [2.24, 2.45) is 10.9 Å². The van der Waals surface area contributed by atoms with Gasteiger partial charge in [0.15, 0.2) is 5.96 Å². The third kappa shape index (κ3) is 3.44. The molecular weight excluding hydrogens is 250 g/mol. The number of hydrogen-bond donors (Lipinski definition) is 2. The maximum atomic E-state index is 5.53. The second-order valence-corrected chi connectivity index (χ2v) is 5.61. The first-order valence-electron chi connectivity index (χ1n) is 7.54. The van der Waals surface area contributed by atoms with Gasteiger partial charge in [0.05, 0.1) is 6.61 Å². The fourth-order valence-corrected chi connectivity index (χ4v) is 2.50. The molecular formula is C16H23N3O. The number of benzene rings is 1. The summed E-state index contributed by atoms with van der Waals surface area (Å²) in [6.07, 6.45) is 4.78. The van der Waals surface area contributed by atoms with Gasteiger partial charge in [-0.15, -0.1) is 0 Å². The van der Waals surface area contributed by atoms with Crippen LogP contribution in [-0.4, -0.2) is 32.7 Å². The van der Waals surface area contributed by atoms with Crippen molar-refractivity contribution in [1.82, 2.24) is 10.6 Å². The topological polar surface area (TPSA) is 45.7 Å². The maximum Gasteiger partial charge on any atom is 0.190 e. The molecule has 20 heavy (non-hydrogen) atoms. The molecule has 0 atom stereocenters. The van der Waals surface area contributed by atoms with Crippen LogP contribution in [0.2, 0.25) is 0 Å². The highest BCUT2D eigenvalue weighted by atomic mass is 16.5. The highest BCUT2D eigenvalue weighted by Crippen LogP contribution is 2.27. The van der Waals surface area contributed by atoms with Crippen LogP contribution < -0.4 is 15.4 Å². The minimum atomic E-state index is 0.828. The first-order chi connectivity index (χ1) is 9.85. The number of aliphatic imine (C=N–C) groups is 1. The van der Waals surface area contributed by atoms with Crippen molar-refractivity contribution in [3.8, 4) is 5.75 Å². The van der Waals surface area contributed by atoms with E-state index >= 15 is 0 Å². The molecule has 0 radical (unpaired) electrons. The number of guanidine groups is 1. The summed E-state index contributed by atoms with van der Waals surface area (Å²) in [5.74, 6) is 2.84. The van der Waals surface area contributed by atoms with Crippen molar-refractivity contribution in [2.45, 2.75) is 25.7 Å². The molecule has 0 unspecified atom stereocenters. The Labute approximate surface area is 120 Å². The molecule has 0 bridgehead atoms. The molecule has 2 N–H and O–H groups in total. The molecule has 1 aromatic rings. The molecule has 1 aromatic carbocycles. The Morgan fingerprint density at radius 1 is 1.35 bits per heavy atom. The summed E-state index contributed by atoms with van der Waals surface area (Å²) in [6.45, 7) is 2.79. The number of ether oxygens (including phenoxy) is 1. The highest BCUT2D eigenvalue weighted by molar-refractivity contribution is 5.79. The zero-order valence-electron chi connectivity index (χ0n) is 12.1. The molecule has 1 aliphatic heterocycles. The Kier molecular flexibility index (Phi) is 4.09. The molecule has 2 aliphatic rings. The van der Waals surface area contributed by atoms with Gasteiger partial charge in [0.1, 0.15) is 5.75 Å². The number of hydrogen-bond acceptors (Lipinski definition) is 2. The molecule has 4 nitrogen and oxygen atoms in total. The summed E-state index contributed by atoms with van der Waals surface area (Å²) >= 11 is 0. The van der Waals surface area contributed by atoms with Gasteiger partial charge in [-0.25, -0.2) is 0 Å². The lowest BCUT2D eigenvalue weighted by atomic mass is 10.1. The highest BCUT2D eigenvalue weighted by Gasteiger charge is 2.21. The normalized spacial score (nSPS) is 17.6. The number of fused-ring (bicyclic) bond motifs is 1. The summed E-state index contributed by atoms with van der Waals surface area (Å²) in [5, 5.41) is 6.75. The Bertz CT molecular complexity index is 494. The average Bonchev–Trinajstić information content (AvgIpc) is 3.18. The van der Waals surface area contributed by atoms with E-state index in [0.29, 0.717) is 0 Å². The first-order valence-corrected chi connectivity index (χ1v) is 7.54. The summed E-state index contributed by atoms with van der Waals surface area (Å²) in [4.78, 5) is 4.25. The standard InChI is InChI=1S/C16H23N3O/c1-17-16(19-11-13-2-3-13)18-8-6-12-4-5-15-14(10-12)7-9-20-15/h4-5,10,13H,2-3,6-9,11H2,1H3,(H2,17,18,19). The lowest BCUT2D eigenvalue weighted by Crippen LogP contribution is -2.39. The predicted octanol–water partition coefficient (Wildman–Crippen LogP) is 1.74. The van der Waals surface area contributed by atoms with Crippen molar-refractivity contribution < 1.29 is 4.74 Å². The average molecular weight is 273 g/mol. The smallest absolute Gasteiger partial charge is 0.190 e. The Morgan fingerprint density at radius 3 is 3.05 bits per heavy atom. The second-order valence-electron chi connectivity index (χ2n) is 5.61. The lowest BCUT2D eigenvalue weighted by Gasteiger charge is -2.11. The zero-order chi connectivity index (χ0) is 13.8. The van der Waals surface area contributed by atoms with Crippen LogP contribution in [0.4, 0.5) is 0 Å². The van der Waals surface area contributed by atoms with E-state index in [4.69, 9.17) is 4.74 Å². The van der Waals surface area contributed by atoms with E-state index in [1.54, 1.807) is 0 Å². The maximum absolute atomic E-state index is 5.53. The van der Waals surface area contributed by atoms with Gasteiger partial charge in [0.25, 0.3) is 0 Å². The number of nitrogens with one attached hydrogen (secondary N) is 2. The van der Waals surface area contributed by atoms with Crippen LogP contribution in [0.3, 0.4) is 0 Å². The van der Waals surface area contributed by atoms with Gasteiger partial charge in [-0.3, -0.25) is 4.99 Å². The van der Waals surface area contributed by atoms with E-state index in [0.717, 1.165) is 50.2 Å². The minimum absolute atomic E-state index is 0.828. The van der Waals surface area contributed by atoms with Crippen molar-refractivity contribution >= 4 is 5.96 Å². The molecule has 1 fully saturated rings. The Morgan fingerprint density at radius 2 is 2.25 bits per heavy atom. The third-order valence-corrected chi connectivity index (χ3v) is 3.94. The summed E-state index contributed by atoms with van der Waals surface area (Å²) in [6, 6.07) is 6.52. The molecule has 1 saturated carbocycles. The van der Waals surface area contributed by atoms with E-state index in [1.807, 2.05) is 7.05 Å². The third-order valence-electron chi connectivity index (χ3n) is 3.94. The van der Waals surface area contributed by atoms with Crippen LogP contribution in [0.1, 0.15) is 24.0 Å².